The summed E-state index contributed by atoms with van der Waals surface area (Å²) in [5.74, 6) is 0.0824. The molecular formula is C22H23N5O4. The van der Waals surface area contributed by atoms with Crippen LogP contribution in [-0.4, -0.2) is 33.6 Å². The number of carbonyl (C=O) groups is 2. The number of aromatic nitrogens is 2. The first-order valence-corrected chi connectivity index (χ1v) is 9.61. The van der Waals surface area contributed by atoms with E-state index in [-0.39, 0.29) is 13.0 Å². The van der Waals surface area contributed by atoms with Gasteiger partial charge in [-0.2, -0.15) is 0 Å². The van der Waals surface area contributed by atoms with Gasteiger partial charge in [-0.3, -0.25) is 14.8 Å². The molecule has 3 aromatic rings. The lowest BCUT2D eigenvalue weighted by Gasteiger charge is -2.15. The molecular weight excluding hydrogens is 398 g/mol. The van der Waals surface area contributed by atoms with Crippen LogP contribution in [0.1, 0.15) is 18.4 Å². The predicted molar refractivity (Wildman–Crippen MR) is 117 cm³/mol. The number of anilines is 3. The van der Waals surface area contributed by atoms with E-state index in [0.29, 0.717) is 34.6 Å². The van der Waals surface area contributed by atoms with Crippen LogP contribution < -0.4 is 20.9 Å². The van der Waals surface area contributed by atoms with E-state index < -0.39 is 11.8 Å². The van der Waals surface area contributed by atoms with E-state index in [1.807, 2.05) is 31.2 Å². The summed E-state index contributed by atoms with van der Waals surface area (Å²) in [5, 5.41) is 15.3. The number of hydrogen-bond donors (Lipinski definition) is 4. The number of benzene rings is 2. The third-order valence-corrected chi connectivity index (χ3v) is 4.39. The van der Waals surface area contributed by atoms with Gasteiger partial charge in [0.25, 0.3) is 0 Å². The summed E-state index contributed by atoms with van der Waals surface area (Å²) >= 11 is 0. The van der Waals surface area contributed by atoms with E-state index in [9.17, 15) is 9.59 Å². The van der Waals surface area contributed by atoms with Gasteiger partial charge in [0.1, 0.15) is 17.9 Å². The molecule has 0 aliphatic carbocycles. The third kappa shape index (κ3) is 5.77. The van der Waals surface area contributed by atoms with Gasteiger partial charge in [0.15, 0.2) is 0 Å². The molecule has 2 aromatic carbocycles. The fraction of sp³-hybridized carbons (Fsp3) is 0.182. The average molecular weight is 421 g/mol. The summed E-state index contributed by atoms with van der Waals surface area (Å²) < 4.78 is 5.77. The number of hydroxylamine groups is 1. The Kier molecular flexibility index (Phi) is 7.13. The van der Waals surface area contributed by atoms with Crippen molar-refractivity contribution >= 4 is 39.9 Å². The van der Waals surface area contributed by atoms with Crippen molar-refractivity contribution in [2.24, 2.45) is 0 Å². The van der Waals surface area contributed by atoms with E-state index in [0.717, 1.165) is 17.3 Å². The Morgan fingerprint density at radius 2 is 2.06 bits per heavy atom. The number of amides is 2. The van der Waals surface area contributed by atoms with Crippen LogP contribution in [0.2, 0.25) is 0 Å². The lowest BCUT2D eigenvalue weighted by molar-refractivity contribution is -0.129. The monoisotopic (exact) mass is 421 g/mol. The number of fused-ring (bicyclic) bond motifs is 1. The number of carbonyl (C=O) groups excluding carboxylic acids is 2. The zero-order valence-electron chi connectivity index (χ0n) is 17.0. The average Bonchev–Trinajstić information content (AvgIpc) is 2.77. The lowest BCUT2D eigenvalue weighted by Crippen LogP contribution is -2.19. The van der Waals surface area contributed by atoms with Gasteiger partial charge >= 0.3 is 0 Å². The zero-order chi connectivity index (χ0) is 22.2. The minimum Gasteiger partial charge on any atom is -0.491 e. The molecule has 0 radical (unpaired) electrons. The van der Waals surface area contributed by atoms with E-state index >= 15 is 0 Å². The number of aryl methyl sites for hydroxylation is 1. The Morgan fingerprint density at radius 3 is 2.81 bits per heavy atom. The van der Waals surface area contributed by atoms with Crippen LogP contribution in [-0.2, 0) is 9.59 Å². The van der Waals surface area contributed by atoms with Gasteiger partial charge in [0.05, 0.1) is 17.8 Å². The van der Waals surface area contributed by atoms with Crippen LogP contribution in [0.25, 0.3) is 10.9 Å². The highest BCUT2D eigenvalue weighted by Gasteiger charge is 2.13. The summed E-state index contributed by atoms with van der Waals surface area (Å²) in [7, 11) is 0. The number of ether oxygens (including phenoxy) is 1. The minimum absolute atomic E-state index is 0.102. The Morgan fingerprint density at radius 1 is 1.23 bits per heavy atom. The highest BCUT2D eigenvalue weighted by Crippen LogP contribution is 2.33. The Hall–Kier alpha value is -3.98. The number of nitrogens with one attached hydrogen (secondary N) is 3. The number of rotatable bonds is 9. The lowest BCUT2D eigenvalue weighted by atomic mass is 10.1. The Balaban J connectivity index is 1.92. The van der Waals surface area contributed by atoms with Crippen molar-refractivity contribution in [1.82, 2.24) is 15.4 Å². The molecule has 0 fully saturated rings. The fourth-order valence-corrected chi connectivity index (χ4v) is 2.91. The molecule has 2 amide bonds. The molecule has 0 saturated carbocycles. The van der Waals surface area contributed by atoms with Crippen LogP contribution in [0.15, 0.2) is 55.4 Å². The standard InChI is InChI=1S/C22H23N5O4/c1-3-20(28)26-18-11-16-17(12-19(18)31-9-5-8-21(29)27-30)23-13-24-22(16)25-15-7-4-6-14(2)10-15/h3-4,6-7,10-13,30H,1,5,8-9H2,2H3,(H,26,28)(H,27,29)(H,23,24,25). The maximum atomic E-state index is 11.9. The first kappa shape index (κ1) is 21.7. The first-order chi connectivity index (χ1) is 15.0. The molecule has 0 aliphatic heterocycles. The molecule has 160 valence electrons. The zero-order valence-corrected chi connectivity index (χ0v) is 17.0. The van der Waals surface area contributed by atoms with Crippen molar-refractivity contribution in [1.29, 1.82) is 0 Å². The molecule has 0 aliphatic rings. The van der Waals surface area contributed by atoms with Crippen LogP contribution in [0, 0.1) is 6.92 Å². The maximum absolute atomic E-state index is 11.9. The molecule has 0 unspecified atom stereocenters. The van der Waals surface area contributed by atoms with E-state index in [4.69, 9.17) is 9.94 Å². The van der Waals surface area contributed by atoms with Gasteiger partial charge in [-0.25, -0.2) is 15.4 Å². The second kappa shape index (κ2) is 10.2. The second-order valence-corrected chi connectivity index (χ2v) is 6.76. The van der Waals surface area contributed by atoms with E-state index in [1.54, 1.807) is 17.6 Å². The Bertz CT molecular complexity index is 1120. The van der Waals surface area contributed by atoms with E-state index in [1.165, 1.54) is 6.33 Å². The minimum atomic E-state index is -0.498. The van der Waals surface area contributed by atoms with Crippen molar-refractivity contribution in [3.63, 3.8) is 0 Å². The molecule has 9 nitrogen and oxygen atoms in total. The quantitative estimate of drug-likeness (QED) is 0.180. The predicted octanol–water partition coefficient (Wildman–Crippen LogP) is 3.47. The van der Waals surface area contributed by atoms with Crippen LogP contribution in [0.4, 0.5) is 17.2 Å². The molecule has 9 heteroatoms. The number of nitrogens with zero attached hydrogens (tertiary/aromatic N) is 2. The van der Waals surface area contributed by atoms with Crippen molar-refractivity contribution in [2.75, 3.05) is 17.2 Å². The normalized spacial score (nSPS) is 10.4. The highest BCUT2D eigenvalue weighted by molar-refractivity contribution is 6.03. The third-order valence-electron chi connectivity index (χ3n) is 4.39. The summed E-state index contributed by atoms with van der Waals surface area (Å²) in [5.41, 5.74) is 4.59. The largest absolute Gasteiger partial charge is 0.491 e. The SMILES string of the molecule is C=CC(=O)Nc1cc2c(Nc3cccc(C)c3)ncnc2cc1OCCCC(=O)NO. The summed E-state index contributed by atoms with van der Waals surface area (Å²) in [6, 6.07) is 11.3. The molecule has 4 N–H and O–H groups in total. The smallest absolute Gasteiger partial charge is 0.247 e. The van der Waals surface area contributed by atoms with E-state index in [2.05, 4.69) is 27.2 Å². The van der Waals surface area contributed by atoms with Gasteiger partial charge in [-0.05, 0) is 43.2 Å². The van der Waals surface area contributed by atoms with Gasteiger partial charge in [-0.1, -0.05) is 18.7 Å². The van der Waals surface area contributed by atoms with Crippen molar-refractivity contribution in [2.45, 2.75) is 19.8 Å². The molecule has 3 rings (SSSR count). The summed E-state index contributed by atoms with van der Waals surface area (Å²) in [6.07, 6.45) is 3.08. The van der Waals surface area contributed by atoms with Crippen molar-refractivity contribution in [3.05, 3.63) is 60.9 Å². The van der Waals surface area contributed by atoms with Crippen molar-refractivity contribution in [3.8, 4) is 5.75 Å². The van der Waals surface area contributed by atoms with Crippen LogP contribution in [0.3, 0.4) is 0 Å². The topological polar surface area (TPSA) is 125 Å². The van der Waals surface area contributed by atoms with Gasteiger partial charge in [-0.15, -0.1) is 0 Å². The molecule has 0 atom stereocenters. The Labute approximate surface area is 179 Å². The molecule has 31 heavy (non-hydrogen) atoms. The number of hydrogen-bond acceptors (Lipinski definition) is 7. The second-order valence-electron chi connectivity index (χ2n) is 6.76. The highest BCUT2D eigenvalue weighted by atomic mass is 16.5. The molecule has 0 spiro atoms. The molecule has 0 bridgehead atoms. The van der Waals surface area contributed by atoms with Crippen molar-refractivity contribution < 1.29 is 19.5 Å². The summed E-state index contributed by atoms with van der Waals surface area (Å²) in [4.78, 5) is 31.7. The first-order valence-electron chi connectivity index (χ1n) is 9.61. The maximum Gasteiger partial charge on any atom is 0.247 e. The van der Waals surface area contributed by atoms with Gasteiger partial charge in [0.2, 0.25) is 11.8 Å². The van der Waals surface area contributed by atoms with Gasteiger partial charge < -0.3 is 15.4 Å². The molecule has 1 aromatic heterocycles. The molecule has 1 heterocycles. The summed E-state index contributed by atoms with van der Waals surface area (Å²) in [6.45, 7) is 5.68. The van der Waals surface area contributed by atoms with Crippen LogP contribution in [0.5, 0.6) is 5.75 Å². The van der Waals surface area contributed by atoms with Crippen LogP contribution >= 0.6 is 0 Å². The fourth-order valence-electron chi connectivity index (χ4n) is 2.91. The van der Waals surface area contributed by atoms with Gasteiger partial charge in [0, 0.05) is 23.6 Å². The molecule has 0 saturated heterocycles.